The summed E-state index contributed by atoms with van der Waals surface area (Å²) in [4.78, 5) is 2.33. The fourth-order valence-electron chi connectivity index (χ4n) is 3.07. The normalized spacial score (nSPS) is 14.7. The lowest BCUT2D eigenvalue weighted by atomic mass is 10.0. The summed E-state index contributed by atoms with van der Waals surface area (Å²) in [6.45, 7) is 2.14. The molecule has 1 fully saturated rings. The van der Waals surface area contributed by atoms with Gasteiger partial charge in [-0.05, 0) is 25.0 Å². The van der Waals surface area contributed by atoms with Crippen molar-refractivity contribution < 1.29 is 0 Å². The van der Waals surface area contributed by atoms with Gasteiger partial charge in [0.2, 0.25) is 0 Å². The Balaban J connectivity index is 1.90. The van der Waals surface area contributed by atoms with Crippen LogP contribution in [0.3, 0.4) is 0 Å². The van der Waals surface area contributed by atoms with Gasteiger partial charge in [0, 0.05) is 34.4 Å². The molecule has 110 valence electrons. The molecule has 0 N–H and O–H groups in total. The summed E-state index contributed by atoms with van der Waals surface area (Å²) < 4.78 is 0. The topological polar surface area (TPSA) is 29.0 Å². The van der Waals surface area contributed by atoms with Crippen LogP contribution in [0.4, 0.5) is 5.82 Å². The second-order valence-electron chi connectivity index (χ2n) is 5.62. The highest BCUT2D eigenvalue weighted by molar-refractivity contribution is 6.30. The van der Waals surface area contributed by atoms with Gasteiger partial charge >= 0.3 is 0 Å². The molecule has 1 aliphatic rings. The van der Waals surface area contributed by atoms with Crippen LogP contribution in [-0.2, 0) is 0 Å². The Bertz CT molecular complexity index is 808. The Hall–Kier alpha value is -2.13. The van der Waals surface area contributed by atoms with E-state index in [0.717, 1.165) is 40.6 Å². The molecule has 2 heterocycles. The standard InChI is InChI=1S/C18H16ClN3/c19-14-9-7-13(8-10-14)17-15-5-1-2-6-16(15)18(21-20-17)22-11-3-4-12-22/h1-2,5-10H,3-4,11-12H2. The molecule has 0 unspecified atom stereocenters. The van der Waals surface area contributed by atoms with Crippen molar-refractivity contribution in [1.82, 2.24) is 10.2 Å². The summed E-state index contributed by atoms with van der Waals surface area (Å²) in [7, 11) is 0. The van der Waals surface area contributed by atoms with Crippen LogP contribution in [0.5, 0.6) is 0 Å². The maximum atomic E-state index is 5.99. The van der Waals surface area contributed by atoms with Crippen LogP contribution in [0.25, 0.3) is 22.0 Å². The van der Waals surface area contributed by atoms with Crippen molar-refractivity contribution in [2.24, 2.45) is 0 Å². The van der Waals surface area contributed by atoms with Gasteiger partial charge in [-0.3, -0.25) is 0 Å². The molecule has 3 aromatic rings. The summed E-state index contributed by atoms with van der Waals surface area (Å²) in [6.07, 6.45) is 2.46. The zero-order valence-corrected chi connectivity index (χ0v) is 12.9. The van der Waals surface area contributed by atoms with E-state index in [2.05, 4.69) is 39.4 Å². The van der Waals surface area contributed by atoms with Crippen molar-refractivity contribution in [3.05, 3.63) is 53.6 Å². The van der Waals surface area contributed by atoms with Crippen molar-refractivity contribution in [2.45, 2.75) is 12.8 Å². The highest BCUT2D eigenvalue weighted by atomic mass is 35.5. The lowest BCUT2D eigenvalue weighted by Gasteiger charge is -2.18. The largest absolute Gasteiger partial charge is 0.355 e. The minimum Gasteiger partial charge on any atom is -0.355 e. The summed E-state index contributed by atoms with van der Waals surface area (Å²) in [5.74, 6) is 1.01. The summed E-state index contributed by atoms with van der Waals surface area (Å²) >= 11 is 5.99. The number of anilines is 1. The molecular weight excluding hydrogens is 294 g/mol. The van der Waals surface area contributed by atoms with Gasteiger partial charge in [-0.15, -0.1) is 10.2 Å². The first-order chi connectivity index (χ1) is 10.8. The molecule has 0 spiro atoms. The van der Waals surface area contributed by atoms with E-state index in [0.29, 0.717) is 0 Å². The summed E-state index contributed by atoms with van der Waals surface area (Å²) in [6, 6.07) is 16.1. The molecule has 1 aliphatic heterocycles. The Morgan fingerprint density at radius 3 is 2.23 bits per heavy atom. The molecule has 22 heavy (non-hydrogen) atoms. The molecule has 0 saturated carbocycles. The van der Waals surface area contributed by atoms with Gasteiger partial charge in [-0.2, -0.15) is 0 Å². The molecule has 2 aromatic carbocycles. The number of fused-ring (bicyclic) bond motifs is 1. The first kappa shape index (κ1) is 13.5. The van der Waals surface area contributed by atoms with Crippen LogP contribution in [0, 0.1) is 0 Å². The molecule has 4 heteroatoms. The maximum Gasteiger partial charge on any atom is 0.159 e. The third kappa shape index (κ3) is 2.32. The zero-order valence-electron chi connectivity index (χ0n) is 12.2. The molecule has 1 aromatic heterocycles. The highest BCUT2D eigenvalue weighted by Gasteiger charge is 2.18. The molecule has 0 amide bonds. The quantitative estimate of drug-likeness (QED) is 0.695. The van der Waals surface area contributed by atoms with Crippen LogP contribution >= 0.6 is 11.6 Å². The van der Waals surface area contributed by atoms with Gasteiger partial charge in [-0.1, -0.05) is 48.0 Å². The van der Waals surface area contributed by atoms with Gasteiger partial charge < -0.3 is 4.90 Å². The Kier molecular flexibility index (Phi) is 3.43. The summed E-state index contributed by atoms with van der Waals surface area (Å²) in [5.41, 5.74) is 1.95. The number of nitrogens with zero attached hydrogens (tertiary/aromatic N) is 3. The fraction of sp³-hybridized carbons (Fsp3) is 0.222. The minimum atomic E-state index is 0.731. The number of hydrogen-bond donors (Lipinski definition) is 0. The van der Waals surface area contributed by atoms with E-state index in [1.165, 1.54) is 18.2 Å². The van der Waals surface area contributed by atoms with Crippen molar-refractivity contribution >= 4 is 28.2 Å². The second-order valence-corrected chi connectivity index (χ2v) is 6.06. The maximum absolute atomic E-state index is 5.99. The summed E-state index contributed by atoms with van der Waals surface area (Å²) in [5, 5.41) is 12.1. The minimum absolute atomic E-state index is 0.731. The van der Waals surface area contributed by atoms with Crippen molar-refractivity contribution in [2.75, 3.05) is 18.0 Å². The average molecular weight is 310 g/mol. The molecule has 1 saturated heterocycles. The third-order valence-electron chi connectivity index (χ3n) is 4.19. The second kappa shape index (κ2) is 5.58. The number of aromatic nitrogens is 2. The van der Waals surface area contributed by atoms with E-state index in [4.69, 9.17) is 11.6 Å². The van der Waals surface area contributed by atoms with Crippen molar-refractivity contribution in [1.29, 1.82) is 0 Å². The molecule has 0 aliphatic carbocycles. The monoisotopic (exact) mass is 309 g/mol. The van der Waals surface area contributed by atoms with Crippen LogP contribution in [0.1, 0.15) is 12.8 Å². The van der Waals surface area contributed by atoms with Gasteiger partial charge in [0.15, 0.2) is 5.82 Å². The molecular formula is C18H16ClN3. The van der Waals surface area contributed by atoms with Crippen LogP contribution in [-0.4, -0.2) is 23.3 Å². The van der Waals surface area contributed by atoms with Gasteiger partial charge in [0.05, 0.1) is 0 Å². The van der Waals surface area contributed by atoms with Crippen LogP contribution < -0.4 is 4.90 Å². The van der Waals surface area contributed by atoms with Crippen molar-refractivity contribution in [3.8, 4) is 11.3 Å². The fourth-order valence-corrected chi connectivity index (χ4v) is 3.20. The Labute approximate surface area is 134 Å². The van der Waals surface area contributed by atoms with Crippen LogP contribution in [0.2, 0.25) is 5.02 Å². The number of hydrogen-bond acceptors (Lipinski definition) is 3. The lowest BCUT2D eigenvalue weighted by Crippen LogP contribution is -2.20. The Morgan fingerprint density at radius 1 is 0.818 bits per heavy atom. The predicted molar refractivity (Wildman–Crippen MR) is 91.4 cm³/mol. The van der Waals surface area contributed by atoms with Crippen molar-refractivity contribution in [3.63, 3.8) is 0 Å². The van der Waals surface area contributed by atoms with E-state index in [1.807, 2.05) is 24.3 Å². The molecule has 4 rings (SSSR count). The SMILES string of the molecule is Clc1ccc(-c2nnc(N3CCCC3)c3ccccc23)cc1. The average Bonchev–Trinajstić information content (AvgIpc) is 3.09. The van der Waals surface area contributed by atoms with E-state index >= 15 is 0 Å². The van der Waals surface area contributed by atoms with E-state index in [-0.39, 0.29) is 0 Å². The molecule has 0 radical (unpaired) electrons. The van der Waals surface area contributed by atoms with Gasteiger partial charge in [-0.25, -0.2) is 0 Å². The van der Waals surface area contributed by atoms with Gasteiger partial charge in [0.25, 0.3) is 0 Å². The van der Waals surface area contributed by atoms with E-state index in [9.17, 15) is 0 Å². The zero-order chi connectivity index (χ0) is 14.9. The van der Waals surface area contributed by atoms with E-state index in [1.54, 1.807) is 0 Å². The van der Waals surface area contributed by atoms with Crippen LogP contribution in [0.15, 0.2) is 48.5 Å². The van der Waals surface area contributed by atoms with E-state index < -0.39 is 0 Å². The smallest absolute Gasteiger partial charge is 0.159 e. The predicted octanol–water partition coefficient (Wildman–Crippen LogP) is 4.55. The molecule has 0 bridgehead atoms. The number of benzene rings is 2. The number of halogens is 1. The molecule has 3 nitrogen and oxygen atoms in total. The third-order valence-corrected chi connectivity index (χ3v) is 4.44. The first-order valence-electron chi connectivity index (χ1n) is 7.59. The van der Waals surface area contributed by atoms with Gasteiger partial charge in [0.1, 0.15) is 5.69 Å². The lowest BCUT2D eigenvalue weighted by molar-refractivity contribution is 0.907. The molecule has 0 atom stereocenters. The number of rotatable bonds is 2. The Morgan fingerprint density at radius 2 is 1.50 bits per heavy atom. The first-order valence-corrected chi connectivity index (χ1v) is 7.97. The highest BCUT2D eigenvalue weighted by Crippen LogP contribution is 2.32.